The number of nitrogens with zero attached hydrogens (tertiary/aromatic N) is 6. The standard InChI is InChI=1S/C29H26N8/c1-4-10-37(11-5-1)18-19-12-20(16-30-15-19)21-13-23-28(35-36-29(23)33-17-21)26-14-22-24(34-26)7-9-32-27(22)25-6-2-3-8-31-25/h2-3,6-9,12-17,34H,1,4-5,10-11,18H2,(H,33,35,36). The Hall–Kier alpha value is -4.43. The van der Waals surface area contributed by atoms with E-state index in [1.807, 2.05) is 42.9 Å². The van der Waals surface area contributed by atoms with Gasteiger partial charge < -0.3 is 4.98 Å². The lowest BCUT2D eigenvalue weighted by molar-refractivity contribution is 0.220. The fourth-order valence-electron chi connectivity index (χ4n) is 5.27. The summed E-state index contributed by atoms with van der Waals surface area (Å²) >= 11 is 0. The van der Waals surface area contributed by atoms with Crippen molar-refractivity contribution in [3.05, 3.63) is 79.0 Å². The first-order valence-electron chi connectivity index (χ1n) is 12.7. The molecule has 6 aromatic rings. The van der Waals surface area contributed by atoms with Crippen molar-refractivity contribution in [2.75, 3.05) is 13.1 Å². The van der Waals surface area contributed by atoms with Gasteiger partial charge in [-0.05, 0) is 67.9 Å². The van der Waals surface area contributed by atoms with E-state index in [9.17, 15) is 0 Å². The van der Waals surface area contributed by atoms with Crippen LogP contribution in [0.15, 0.2) is 73.4 Å². The fraction of sp³-hybridized carbons (Fsp3) is 0.207. The third kappa shape index (κ3) is 4.15. The van der Waals surface area contributed by atoms with Gasteiger partial charge in [0, 0.05) is 64.9 Å². The molecule has 1 saturated heterocycles. The van der Waals surface area contributed by atoms with Gasteiger partial charge in [0.2, 0.25) is 0 Å². The van der Waals surface area contributed by atoms with Crippen molar-refractivity contribution in [3.63, 3.8) is 0 Å². The van der Waals surface area contributed by atoms with Crippen LogP contribution in [0.5, 0.6) is 0 Å². The minimum absolute atomic E-state index is 0.679. The average Bonchev–Trinajstić information content (AvgIpc) is 3.58. The molecule has 1 aliphatic rings. The highest BCUT2D eigenvalue weighted by atomic mass is 15.2. The summed E-state index contributed by atoms with van der Waals surface area (Å²) in [5, 5.41) is 9.63. The van der Waals surface area contributed by atoms with Crippen LogP contribution in [0.25, 0.3) is 55.8 Å². The summed E-state index contributed by atoms with van der Waals surface area (Å²) in [6.45, 7) is 3.27. The van der Waals surface area contributed by atoms with Crippen LogP contribution in [0.1, 0.15) is 24.8 Å². The maximum atomic E-state index is 4.65. The second-order valence-electron chi connectivity index (χ2n) is 9.63. The summed E-state index contributed by atoms with van der Waals surface area (Å²) in [6.07, 6.45) is 13.3. The number of fused-ring (bicyclic) bond motifs is 2. The number of pyridine rings is 4. The van der Waals surface area contributed by atoms with Crippen molar-refractivity contribution >= 4 is 21.9 Å². The Bertz CT molecular complexity index is 1700. The summed E-state index contributed by atoms with van der Waals surface area (Å²) in [5.41, 5.74) is 8.50. The molecule has 0 saturated carbocycles. The van der Waals surface area contributed by atoms with Crippen LogP contribution in [-0.2, 0) is 6.54 Å². The normalized spacial score (nSPS) is 14.5. The van der Waals surface area contributed by atoms with Gasteiger partial charge >= 0.3 is 0 Å². The molecule has 0 atom stereocenters. The van der Waals surface area contributed by atoms with Gasteiger partial charge in [-0.25, -0.2) is 4.98 Å². The molecule has 6 aromatic heterocycles. The third-order valence-electron chi connectivity index (χ3n) is 7.12. The number of rotatable bonds is 5. The zero-order valence-electron chi connectivity index (χ0n) is 20.4. The topological polar surface area (TPSA) is 99.3 Å². The Kier molecular flexibility index (Phi) is 5.44. The molecule has 1 aliphatic heterocycles. The van der Waals surface area contributed by atoms with E-state index < -0.39 is 0 Å². The van der Waals surface area contributed by atoms with Crippen LogP contribution in [0.4, 0.5) is 0 Å². The third-order valence-corrected chi connectivity index (χ3v) is 7.12. The molecule has 1 fully saturated rings. The van der Waals surface area contributed by atoms with Crippen molar-refractivity contribution in [1.82, 2.24) is 40.0 Å². The Morgan fingerprint density at radius 3 is 2.62 bits per heavy atom. The van der Waals surface area contributed by atoms with Gasteiger partial charge in [0.25, 0.3) is 0 Å². The van der Waals surface area contributed by atoms with Gasteiger partial charge in [-0.15, -0.1) is 0 Å². The van der Waals surface area contributed by atoms with E-state index in [0.29, 0.717) is 5.65 Å². The van der Waals surface area contributed by atoms with E-state index in [4.69, 9.17) is 0 Å². The smallest absolute Gasteiger partial charge is 0.181 e. The quantitative estimate of drug-likeness (QED) is 0.329. The molecule has 0 bridgehead atoms. The first-order valence-corrected chi connectivity index (χ1v) is 12.7. The first kappa shape index (κ1) is 21.8. The van der Waals surface area contributed by atoms with Crippen LogP contribution >= 0.6 is 0 Å². The molecule has 0 unspecified atom stereocenters. The summed E-state index contributed by atoms with van der Waals surface area (Å²) in [5.74, 6) is 0. The van der Waals surface area contributed by atoms with Crippen LogP contribution in [0, 0.1) is 0 Å². The highest BCUT2D eigenvalue weighted by Crippen LogP contribution is 2.33. The van der Waals surface area contributed by atoms with Gasteiger partial charge in [0.1, 0.15) is 0 Å². The van der Waals surface area contributed by atoms with Crippen LogP contribution in [-0.4, -0.2) is 53.1 Å². The molecule has 0 amide bonds. The second kappa shape index (κ2) is 9.22. The summed E-state index contributed by atoms with van der Waals surface area (Å²) in [6, 6.07) is 14.3. The van der Waals surface area contributed by atoms with E-state index in [1.165, 1.54) is 24.8 Å². The highest BCUT2D eigenvalue weighted by Gasteiger charge is 2.16. The largest absolute Gasteiger partial charge is 0.353 e. The van der Waals surface area contributed by atoms with E-state index in [2.05, 4.69) is 58.2 Å². The second-order valence-corrected chi connectivity index (χ2v) is 9.63. The van der Waals surface area contributed by atoms with Crippen molar-refractivity contribution in [2.45, 2.75) is 25.8 Å². The number of piperidine rings is 1. The van der Waals surface area contributed by atoms with E-state index in [0.717, 1.165) is 69.8 Å². The number of nitrogens with one attached hydrogen (secondary N) is 2. The van der Waals surface area contributed by atoms with E-state index in [-0.39, 0.29) is 0 Å². The molecule has 0 aliphatic carbocycles. The highest BCUT2D eigenvalue weighted by molar-refractivity contribution is 5.99. The minimum Gasteiger partial charge on any atom is -0.353 e. The molecule has 7 rings (SSSR count). The van der Waals surface area contributed by atoms with Crippen molar-refractivity contribution in [1.29, 1.82) is 0 Å². The Labute approximate surface area is 213 Å². The first-order chi connectivity index (χ1) is 18.3. The predicted octanol–water partition coefficient (Wildman–Crippen LogP) is 5.61. The Balaban J connectivity index is 1.26. The zero-order chi connectivity index (χ0) is 24.6. The maximum absolute atomic E-state index is 4.65. The van der Waals surface area contributed by atoms with Gasteiger partial charge in [-0.3, -0.25) is 25.0 Å². The molecule has 0 spiro atoms. The number of aromatic nitrogens is 7. The van der Waals surface area contributed by atoms with E-state index in [1.54, 1.807) is 12.4 Å². The zero-order valence-corrected chi connectivity index (χ0v) is 20.4. The molecule has 182 valence electrons. The number of hydrogen-bond donors (Lipinski definition) is 2. The van der Waals surface area contributed by atoms with Crippen LogP contribution in [0.2, 0.25) is 0 Å². The van der Waals surface area contributed by atoms with E-state index >= 15 is 0 Å². The van der Waals surface area contributed by atoms with Gasteiger partial charge in [0.15, 0.2) is 5.65 Å². The van der Waals surface area contributed by atoms with Crippen LogP contribution in [0.3, 0.4) is 0 Å². The molecule has 8 nitrogen and oxygen atoms in total. The fourth-order valence-corrected chi connectivity index (χ4v) is 5.27. The van der Waals surface area contributed by atoms with Crippen LogP contribution < -0.4 is 0 Å². The lowest BCUT2D eigenvalue weighted by Gasteiger charge is -2.26. The van der Waals surface area contributed by atoms with Crippen molar-refractivity contribution in [3.8, 4) is 33.9 Å². The average molecular weight is 487 g/mol. The SMILES string of the molecule is c1ccc(-c2nccc3[nH]c(-c4[nH]nc5ncc(-c6cncc(CN7CCCCC7)c6)cc45)cc23)nc1. The summed E-state index contributed by atoms with van der Waals surface area (Å²) in [7, 11) is 0. The molecule has 7 heterocycles. The number of hydrogen-bond acceptors (Lipinski definition) is 6. The minimum atomic E-state index is 0.679. The summed E-state index contributed by atoms with van der Waals surface area (Å²) in [4.78, 5) is 24.3. The maximum Gasteiger partial charge on any atom is 0.181 e. The lowest BCUT2D eigenvalue weighted by atomic mass is 10.0. The molecule has 8 heteroatoms. The number of H-pyrrole nitrogens is 2. The Morgan fingerprint density at radius 2 is 1.73 bits per heavy atom. The number of aromatic amines is 2. The Morgan fingerprint density at radius 1 is 0.811 bits per heavy atom. The monoisotopic (exact) mass is 486 g/mol. The molecule has 0 aromatic carbocycles. The van der Waals surface area contributed by atoms with Crippen molar-refractivity contribution in [2.24, 2.45) is 0 Å². The van der Waals surface area contributed by atoms with Gasteiger partial charge in [0.05, 0.1) is 22.8 Å². The van der Waals surface area contributed by atoms with Crippen molar-refractivity contribution < 1.29 is 0 Å². The molecule has 2 N–H and O–H groups in total. The molecular weight excluding hydrogens is 460 g/mol. The predicted molar refractivity (Wildman–Crippen MR) is 145 cm³/mol. The molecule has 0 radical (unpaired) electrons. The van der Waals surface area contributed by atoms with Gasteiger partial charge in [-0.2, -0.15) is 5.10 Å². The molecule has 37 heavy (non-hydrogen) atoms. The number of likely N-dealkylation sites (tertiary alicyclic amines) is 1. The molecular formula is C29H26N8. The summed E-state index contributed by atoms with van der Waals surface area (Å²) < 4.78 is 0. The van der Waals surface area contributed by atoms with Gasteiger partial charge in [-0.1, -0.05) is 12.5 Å². The lowest BCUT2D eigenvalue weighted by Crippen LogP contribution is -2.29.